The predicted octanol–water partition coefficient (Wildman–Crippen LogP) is 1.80. The Balaban J connectivity index is 2.26. The third kappa shape index (κ3) is 3.88. The Morgan fingerprint density at radius 3 is 2.91 bits per heavy atom. The number of thioether (sulfide) groups is 1. The monoisotopic (exact) mass is 400 g/mol. The van der Waals surface area contributed by atoms with Crippen LogP contribution < -0.4 is 9.84 Å². The zero-order valence-corrected chi connectivity index (χ0v) is 14.7. The molecule has 1 heterocycles. The molecular weight excluding hydrogens is 390 g/mol. The van der Waals surface area contributed by atoms with Gasteiger partial charge in [0.05, 0.1) is 12.0 Å². The quantitative estimate of drug-likeness (QED) is 0.554. The molecule has 1 aromatic carbocycles. The molecule has 1 amide bonds. The van der Waals surface area contributed by atoms with Crippen LogP contribution in [0.2, 0.25) is 0 Å². The number of carboxylic acid groups (broad SMARTS) is 1. The van der Waals surface area contributed by atoms with Crippen molar-refractivity contribution < 1.29 is 19.4 Å². The first-order valence-electron chi connectivity index (χ1n) is 6.21. The molecule has 0 bridgehead atoms. The highest BCUT2D eigenvalue weighted by atomic mass is 79.9. The number of rotatable bonds is 5. The molecule has 0 aromatic heterocycles. The fourth-order valence-electron chi connectivity index (χ4n) is 1.86. The van der Waals surface area contributed by atoms with Gasteiger partial charge in [-0.2, -0.15) is 0 Å². The summed E-state index contributed by atoms with van der Waals surface area (Å²) in [6, 6.07) is 5.44. The Morgan fingerprint density at radius 2 is 2.27 bits per heavy atom. The van der Waals surface area contributed by atoms with E-state index in [9.17, 15) is 14.7 Å². The van der Waals surface area contributed by atoms with E-state index in [4.69, 9.17) is 17.0 Å². The number of thiocarbonyl (C=S) groups is 1. The minimum Gasteiger partial charge on any atom is -0.550 e. The number of hydrogen-bond acceptors (Lipinski definition) is 6. The Labute approximate surface area is 145 Å². The highest BCUT2D eigenvalue weighted by Crippen LogP contribution is 2.35. The van der Waals surface area contributed by atoms with Crippen LogP contribution in [0.25, 0.3) is 6.08 Å². The van der Waals surface area contributed by atoms with Gasteiger partial charge in [-0.15, -0.1) is 0 Å². The molecule has 1 fully saturated rings. The summed E-state index contributed by atoms with van der Waals surface area (Å²) < 4.78 is 6.45. The van der Waals surface area contributed by atoms with E-state index in [1.54, 1.807) is 19.3 Å². The summed E-state index contributed by atoms with van der Waals surface area (Å²) in [6.07, 6.45) is 1.43. The maximum atomic E-state index is 12.3. The lowest BCUT2D eigenvalue weighted by Crippen LogP contribution is -2.33. The molecule has 2 rings (SSSR count). The highest BCUT2D eigenvalue weighted by Gasteiger charge is 2.31. The van der Waals surface area contributed by atoms with E-state index >= 15 is 0 Å². The van der Waals surface area contributed by atoms with Gasteiger partial charge >= 0.3 is 0 Å². The minimum absolute atomic E-state index is 0.0138. The maximum Gasteiger partial charge on any atom is 0.266 e. The molecule has 0 aliphatic carbocycles. The Morgan fingerprint density at radius 1 is 1.55 bits per heavy atom. The van der Waals surface area contributed by atoms with Crippen molar-refractivity contribution in [3.05, 3.63) is 33.1 Å². The zero-order chi connectivity index (χ0) is 16.3. The van der Waals surface area contributed by atoms with Gasteiger partial charge in [-0.25, -0.2) is 0 Å². The normalized spacial score (nSPS) is 16.5. The van der Waals surface area contributed by atoms with Gasteiger partial charge in [-0.3, -0.25) is 9.69 Å². The first-order valence-corrected chi connectivity index (χ1v) is 8.23. The van der Waals surface area contributed by atoms with Crippen LogP contribution in [-0.2, 0) is 9.59 Å². The molecule has 1 aromatic rings. The number of carbonyl (C=O) groups excluding carboxylic acids is 2. The van der Waals surface area contributed by atoms with Crippen molar-refractivity contribution in [2.45, 2.75) is 6.42 Å². The predicted molar refractivity (Wildman–Crippen MR) is 90.2 cm³/mol. The van der Waals surface area contributed by atoms with Gasteiger partial charge in [-0.05, 0) is 24.3 Å². The van der Waals surface area contributed by atoms with E-state index in [1.807, 2.05) is 12.1 Å². The van der Waals surface area contributed by atoms with Crippen LogP contribution in [0.4, 0.5) is 0 Å². The summed E-state index contributed by atoms with van der Waals surface area (Å²) in [6.45, 7) is 0.0138. The molecule has 0 radical (unpaired) electrons. The van der Waals surface area contributed by atoms with E-state index in [2.05, 4.69) is 15.9 Å². The first-order chi connectivity index (χ1) is 10.4. The van der Waals surface area contributed by atoms with Crippen molar-refractivity contribution >= 4 is 62.2 Å². The topological polar surface area (TPSA) is 69.7 Å². The van der Waals surface area contributed by atoms with Gasteiger partial charge in [0.15, 0.2) is 0 Å². The van der Waals surface area contributed by atoms with Gasteiger partial charge < -0.3 is 14.6 Å². The number of nitrogens with zero attached hydrogens (tertiary/aromatic N) is 1. The first kappa shape index (κ1) is 17.0. The number of carboxylic acids is 1. The average Bonchev–Trinajstić information content (AvgIpc) is 2.71. The summed E-state index contributed by atoms with van der Waals surface area (Å²) in [5.41, 5.74) is 0.734. The smallest absolute Gasteiger partial charge is 0.266 e. The number of halogens is 1. The van der Waals surface area contributed by atoms with Crippen LogP contribution in [0.1, 0.15) is 12.0 Å². The second-order valence-corrected chi connectivity index (χ2v) is 6.93. The van der Waals surface area contributed by atoms with E-state index in [0.717, 1.165) is 21.8 Å². The summed E-state index contributed by atoms with van der Waals surface area (Å²) in [5, 5.41) is 10.5. The maximum absolute atomic E-state index is 12.3. The fraction of sp³-hybridized carbons (Fsp3) is 0.214. The van der Waals surface area contributed by atoms with Gasteiger partial charge in [0.2, 0.25) is 0 Å². The lowest BCUT2D eigenvalue weighted by molar-refractivity contribution is -0.305. The number of benzene rings is 1. The molecule has 1 aliphatic rings. The van der Waals surface area contributed by atoms with Gasteiger partial charge in [0.25, 0.3) is 5.91 Å². The molecule has 22 heavy (non-hydrogen) atoms. The molecular formula is C14H11BrNO4S2-. The Bertz CT molecular complexity index is 675. The second-order valence-electron chi connectivity index (χ2n) is 4.34. The number of carbonyl (C=O) groups is 2. The number of ether oxygens (including phenoxy) is 1. The number of aliphatic carboxylic acids is 1. The Hall–Kier alpha value is -1.38. The van der Waals surface area contributed by atoms with Gasteiger partial charge in [-0.1, -0.05) is 39.9 Å². The van der Waals surface area contributed by atoms with Crippen molar-refractivity contribution in [1.29, 1.82) is 0 Å². The van der Waals surface area contributed by atoms with Crippen molar-refractivity contribution in [2.24, 2.45) is 0 Å². The van der Waals surface area contributed by atoms with E-state index in [-0.39, 0.29) is 18.9 Å². The second kappa shape index (κ2) is 7.26. The van der Waals surface area contributed by atoms with E-state index in [1.165, 1.54) is 4.90 Å². The fourth-order valence-corrected chi connectivity index (χ4v) is 3.53. The summed E-state index contributed by atoms with van der Waals surface area (Å²) in [7, 11) is 1.55. The Kier molecular flexibility index (Phi) is 5.60. The largest absolute Gasteiger partial charge is 0.550 e. The van der Waals surface area contributed by atoms with Crippen molar-refractivity contribution in [3.8, 4) is 5.75 Å². The van der Waals surface area contributed by atoms with Crippen LogP contribution in [0.15, 0.2) is 27.6 Å². The molecule has 0 spiro atoms. The van der Waals surface area contributed by atoms with E-state index < -0.39 is 5.97 Å². The van der Waals surface area contributed by atoms with Crippen molar-refractivity contribution in [3.63, 3.8) is 0 Å². The van der Waals surface area contributed by atoms with Crippen molar-refractivity contribution in [2.75, 3.05) is 13.7 Å². The number of hydrogen-bond donors (Lipinski definition) is 0. The number of methoxy groups -OCH3 is 1. The molecule has 1 saturated heterocycles. The number of amides is 1. The third-order valence-corrected chi connectivity index (χ3v) is 4.76. The van der Waals surface area contributed by atoms with Crippen LogP contribution >= 0.6 is 39.9 Å². The van der Waals surface area contributed by atoms with Gasteiger partial charge in [0.1, 0.15) is 10.1 Å². The summed E-state index contributed by atoms with van der Waals surface area (Å²) >= 11 is 9.63. The molecule has 116 valence electrons. The zero-order valence-electron chi connectivity index (χ0n) is 11.5. The molecule has 0 unspecified atom stereocenters. The SMILES string of the molecule is COc1ccc(Br)cc1/C=C1/SC(=S)N(CCC(=O)[O-])C1=O. The lowest BCUT2D eigenvalue weighted by Gasteiger charge is -2.14. The average molecular weight is 401 g/mol. The van der Waals surface area contributed by atoms with Crippen LogP contribution in [0, 0.1) is 0 Å². The molecule has 0 atom stereocenters. The molecule has 5 nitrogen and oxygen atoms in total. The lowest BCUT2D eigenvalue weighted by atomic mass is 10.2. The van der Waals surface area contributed by atoms with Crippen molar-refractivity contribution in [1.82, 2.24) is 4.90 Å². The van der Waals surface area contributed by atoms with Gasteiger partial charge in [0, 0.05) is 29.0 Å². The van der Waals surface area contributed by atoms with Crippen LogP contribution in [0.3, 0.4) is 0 Å². The highest BCUT2D eigenvalue weighted by molar-refractivity contribution is 9.10. The molecule has 1 aliphatic heterocycles. The minimum atomic E-state index is -1.22. The standard InChI is InChI=1S/C14H12BrNO4S2/c1-20-10-3-2-9(15)6-8(10)7-11-13(19)16(14(21)22-11)5-4-12(17)18/h2-3,6-7H,4-5H2,1H3,(H,17,18)/p-1/b11-7+. The van der Waals surface area contributed by atoms with Crippen LogP contribution in [-0.4, -0.2) is 34.8 Å². The summed E-state index contributed by atoms with van der Waals surface area (Å²) in [4.78, 5) is 24.5. The third-order valence-electron chi connectivity index (χ3n) is 2.89. The summed E-state index contributed by atoms with van der Waals surface area (Å²) in [5.74, 6) is -0.895. The van der Waals surface area contributed by atoms with Crippen LogP contribution in [0.5, 0.6) is 5.75 Å². The molecule has 0 saturated carbocycles. The molecule has 0 N–H and O–H groups in total. The van der Waals surface area contributed by atoms with E-state index in [0.29, 0.717) is 15.0 Å². The molecule has 8 heteroatoms.